The summed E-state index contributed by atoms with van der Waals surface area (Å²) < 4.78 is 27.4. The molecule has 0 atom stereocenters. The summed E-state index contributed by atoms with van der Waals surface area (Å²) in [6.45, 7) is 2.67. The van der Waals surface area contributed by atoms with Crippen LogP contribution in [0.3, 0.4) is 0 Å². The van der Waals surface area contributed by atoms with Crippen molar-refractivity contribution in [2.24, 2.45) is 11.8 Å². The van der Waals surface area contributed by atoms with Gasteiger partial charge in [0.15, 0.2) is 0 Å². The van der Waals surface area contributed by atoms with Crippen molar-refractivity contribution in [3.8, 4) is 0 Å². The van der Waals surface area contributed by atoms with Gasteiger partial charge in [-0.15, -0.1) is 0 Å². The van der Waals surface area contributed by atoms with Gasteiger partial charge >= 0.3 is 5.97 Å². The zero-order chi connectivity index (χ0) is 14.5. The molecule has 0 aromatic carbocycles. The third-order valence-electron chi connectivity index (χ3n) is 3.74. The lowest BCUT2D eigenvalue weighted by Gasteiger charge is -2.27. The Labute approximate surface area is 115 Å². The van der Waals surface area contributed by atoms with Crippen LogP contribution in [0.1, 0.15) is 39.0 Å². The molecule has 0 unspecified atom stereocenters. The molecule has 1 aliphatic rings. The van der Waals surface area contributed by atoms with E-state index in [4.69, 9.17) is 5.11 Å². The van der Waals surface area contributed by atoms with Gasteiger partial charge in [-0.3, -0.25) is 4.79 Å². The predicted molar refractivity (Wildman–Crippen MR) is 72.9 cm³/mol. The van der Waals surface area contributed by atoms with Gasteiger partial charge in [-0.05, 0) is 24.7 Å². The Morgan fingerprint density at radius 1 is 1.32 bits per heavy atom. The Balaban J connectivity index is 2.35. The molecule has 6 nitrogen and oxygen atoms in total. The Morgan fingerprint density at radius 2 is 1.89 bits per heavy atom. The molecular formula is C12H24N2O4S. The van der Waals surface area contributed by atoms with Gasteiger partial charge in [0.05, 0.1) is 6.42 Å². The van der Waals surface area contributed by atoms with Crippen LogP contribution in [0.5, 0.6) is 0 Å². The van der Waals surface area contributed by atoms with Crippen LogP contribution < -0.4 is 4.72 Å². The first-order valence-electron chi connectivity index (χ1n) is 6.74. The topological polar surface area (TPSA) is 86.7 Å². The highest BCUT2D eigenvalue weighted by Gasteiger charge is 2.22. The smallest absolute Gasteiger partial charge is 0.304 e. The molecule has 1 aliphatic carbocycles. The SMILES string of the molecule is CC1CCC(CNS(=O)(=O)N(C)CCC(=O)O)CC1. The molecule has 0 heterocycles. The van der Waals surface area contributed by atoms with E-state index in [9.17, 15) is 13.2 Å². The van der Waals surface area contributed by atoms with Crippen molar-refractivity contribution in [3.63, 3.8) is 0 Å². The summed E-state index contributed by atoms with van der Waals surface area (Å²) in [5.74, 6) is 0.147. The van der Waals surface area contributed by atoms with Crippen molar-refractivity contribution in [3.05, 3.63) is 0 Å². The number of nitrogens with one attached hydrogen (secondary N) is 1. The fourth-order valence-corrected chi connectivity index (χ4v) is 3.24. The molecule has 112 valence electrons. The van der Waals surface area contributed by atoms with Crippen LogP contribution in [0.4, 0.5) is 0 Å². The van der Waals surface area contributed by atoms with Gasteiger partial charge in [0.25, 0.3) is 10.2 Å². The van der Waals surface area contributed by atoms with Crippen molar-refractivity contribution in [1.29, 1.82) is 0 Å². The average molecular weight is 292 g/mol. The van der Waals surface area contributed by atoms with Crippen LogP contribution in [-0.2, 0) is 15.0 Å². The quantitative estimate of drug-likeness (QED) is 0.734. The van der Waals surface area contributed by atoms with Gasteiger partial charge in [0.1, 0.15) is 0 Å². The summed E-state index contributed by atoms with van der Waals surface area (Å²) in [5.41, 5.74) is 0. The fraction of sp³-hybridized carbons (Fsp3) is 0.917. The highest BCUT2D eigenvalue weighted by molar-refractivity contribution is 7.87. The van der Waals surface area contributed by atoms with Crippen LogP contribution in [0, 0.1) is 11.8 Å². The summed E-state index contributed by atoms with van der Waals surface area (Å²) in [6.07, 6.45) is 4.24. The molecule has 19 heavy (non-hydrogen) atoms. The zero-order valence-corrected chi connectivity index (χ0v) is 12.4. The molecule has 0 saturated heterocycles. The van der Waals surface area contributed by atoms with E-state index in [-0.39, 0.29) is 13.0 Å². The number of carbonyl (C=O) groups is 1. The number of carboxylic acids is 1. The number of hydrogen-bond donors (Lipinski definition) is 2. The zero-order valence-electron chi connectivity index (χ0n) is 11.6. The normalized spacial score (nSPS) is 24.6. The Hall–Kier alpha value is -0.660. The standard InChI is InChI=1S/C12H24N2O4S/c1-10-3-5-11(6-4-10)9-13-19(17,18)14(2)8-7-12(15)16/h10-11,13H,3-9H2,1-2H3,(H,15,16). The molecule has 2 N–H and O–H groups in total. The number of hydrogen-bond acceptors (Lipinski definition) is 3. The van der Waals surface area contributed by atoms with Crippen LogP contribution in [-0.4, -0.2) is 43.9 Å². The monoisotopic (exact) mass is 292 g/mol. The number of carboxylic acid groups (broad SMARTS) is 1. The maximum atomic E-state index is 11.9. The highest BCUT2D eigenvalue weighted by atomic mass is 32.2. The van der Waals surface area contributed by atoms with E-state index in [0.717, 1.165) is 35.9 Å². The van der Waals surface area contributed by atoms with Crippen LogP contribution in [0.25, 0.3) is 0 Å². The van der Waals surface area contributed by atoms with E-state index in [1.807, 2.05) is 0 Å². The van der Waals surface area contributed by atoms with E-state index < -0.39 is 16.2 Å². The van der Waals surface area contributed by atoms with Crippen LogP contribution in [0.2, 0.25) is 0 Å². The maximum absolute atomic E-state index is 11.9. The fourth-order valence-electron chi connectivity index (χ4n) is 2.24. The second kappa shape index (κ2) is 7.21. The van der Waals surface area contributed by atoms with E-state index >= 15 is 0 Å². The number of nitrogens with zero attached hydrogens (tertiary/aromatic N) is 1. The minimum atomic E-state index is -3.55. The molecule has 0 spiro atoms. The predicted octanol–water partition coefficient (Wildman–Crippen LogP) is 1.05. The molecule has 0 aliphatic heterocycles. The van der Waals surface area contributed by atoms with Crippen LogP contribution in [0.15, 0.2) is 0 Å². The molecular weight excluding hydrogens is 268 g/mol. The number of aliphatic carboxylic acids is 1. The van der Waals surface area contributed by atoms with Crippen molar-refractivity contribution in [1.82, 2.24) is 9.03 Å². The first-order chi connectivity index (χ1) is 8.81. The molecule has 1 rings (SSSR count). The summed E-state index contributed by atoms with van der Waals surface area (Å²) in [6, 6.07) is 0. The minimum Gasteiger partial charge on any atom is -0.481 e. The van der Waals surface area contributed by atoms with Gasteiger partial charge in [0.2, 0.25) is 0 Å². The van der Waals surface area contributed by atoms with Crippen molar-refractivity contribution < 1.29 is 18.3 Å². The molecule has 0 bridgehead atoms. The second-order valence-electron chi connectivity index (χ2n) is 5.44. The van der Waals surface area contributed by atoms with Crippen LogP contribution >= 0.6 is 0 Å². The summed E-state index contributed by atoms with van der Waals surface area (Å²) in [7, 11) is -2.15. The molecule has 0 aromatic rings. The van der Waals surface area contributed by atoms with Crippen molar-refractivity contribution in [2.45, 2.75) is 39.0 Å². The van der Waals surface area contributed by atoms with E-state index in [0.29, 0.717) is 12.5 Å². The minimum absolute atomic E-state index is 0.00757. The van der Waals surface area contributed by atoms with Gasteiger partial charge in [-0.25, -0.2) is 4.72 Å². The molecule has 0 radical (unpaired) electrons. The first-order valence-corrected chi connectivity index (χ1v) is 8.18. The van der Waals surface area contributed by atoms with Gasteiger partial charge in [-0.2, -0.15) is 12.7 Å². The Morgan fingerprint density at radius 3 is 2.42 bits per heavy atom. The van der Waals surface area contributed by atoms with Gasteiger partial charge in [0, 0.05) is 20.1 Å². The lowest BCUT2D eigenvalue weighted by Crippen LogP contribution is -2.41. The molecule has 7 heteroatoms. The number of rotatable bonds is 7. The third kappa shape index (κ3) is 5.88. The second-order valence-corrected chi connectivity index (χ2v) is 7.31. The van der Waals surface area contributed by atoms with E-state index in [1.165, 1.54) is 7.05 Å². The summed E-state index contributed by atoms with van der Waals surface area (Å²) in [4.78, 5) is 10.4. The van der Waals surface area contributed by atoms with E-state index in [1.54, 1.807) is 0 Å². The lowest BCUT2D eigenvalue weighted by molar-refractivity contribution is -0.137. The van der Waals surface area contributed by atoms with E-state index in [2.05, 4.69) is 11.6 Å². The molecule has 0 aromatic heterocycles. The third-order valence-corrected chi connectivity index (χ3v) is 5.28. The highest BCUT2D eigenvalue weighted by Crippen LogP contribution is 2.27. The molecule has 0 amide bonds. The molecule has 1 fully saturated rings. The van der Waals surface area contributed by atoms with Crippen molar-refractivity contribution >= 4 is 16.2 Å². The largest absolute Gasteiger partial charge is 0.481 e. The first kappa shape index (κ1) is 16.4. The maximum Gasteiger partial charge on any atom is 0.304 e. The lowest BCUT2D eigenvalue weighted by atomic mass is 9.83. The average Bonchev–Trinajstić information content (AvgIpc) is 2.35. The van der Waals surface area contributed by atoms with Crippen molar-refractivity contribution in [2.75, 3.05) is 20.1 Å². The Kier molecular flexibility index (Phi) is 6.22. The summed E-state index contributed by atoms with van der Waals surface area (Å²) >= 11 is 0. The molecule has 1 saturated carbocycles. The summed E-state index contributed by atoms with van der Waals surface area (Å²) in [5, 5.41) is 8.54. The van der Waals surface area contributed by atoms with Gasteiger partial charge < -0.3 is 5.11 Å². The van der Waals surface area contributed by atoms with Gasteiger partial charge in [-0.1, -0.05) is 19.8 Å². The Bertz CT molecular complexity index is 389.